The van der Waals surface area contributed by atoms with Gasteiger partial charge in [-0.05, 0) is 61.7 Å². The zero-order chi connectivity index (χ0) is 23.5. The predicted molar refractivity (Wildman–Crippen MR) is 131 cm³/mol. The molecule has 1 N–H and O–H groups in total. The maximum absolute atomic E-state index is 13.1. The van der Waals surface area contributed by atoms with Crippen molar-refractivity contribution in [3.8, 4) is 5.75 Å². The molecule has 0 spiro atoms. The number of amides is 2. The van der Waals surface area contributed by atoms with Gasteiger partial charge in [-0.1, -0.05) is 54.2 Å². The van der Waals surface area contributed by atoms with Crippen LogP contribution in [0.5, 0.6) is 5.75 Å². The summed E-state index contributed by atoms with van der Waals surface area (Å²) in [7, 11) is 0. The number of unbranched alkanes of at least 4 members (excludes halogenated alkanes) is 1. The molecule has 32 heavy (non-hydrogen) atoms. The average Bonchev–Trinajstić information content (AvgIpc) is 2.77. The van der Waals surface area contributed by atoms with Gasteiger partial charge in [-0.25, -0.2) is 0 Å². The highest BCUT2D eigenvalue weighted by atomic mass is 35.5. The second-order valence-corrected chi connectivity index (χ2v) is 8.76. The first-order valence-corrected chi connectivity index (χ1v) is 11.8. The van der Waals surface area contributed by atoms with Gasteiger partial charge in [0.05, 0.1) is 6.61 Å². The Morgan fingerprint density at radius 1 is 1.03 bits per heavy atom. The lowest BCUT2D eigenvalue weighted by Gasteiger charge is -2.29. The molecule has 0 radical (unpaired) electrons. The summed E-state index contributed by atoms with van der Waals surface area (Å²) in [5.41, 5.74) is 0.732. The molecule has 2 aromatic carbocycles. The van der Waals surface area contributed by atoms with Gasteiger partial charge in [-0.3, -0.25) is 9.59 Å². The molecular formula is C24H29Cl3N2O3. The molecule has 0 aliphatic rings. The van der Waals surface area contributed by atoms with E-state index in [0.29, 0.717) is 40.4 Å². The SMILES string of the molecule is CCCCNC(=O)[C@H](C)N(Cc1ccc(Cl)cc1Cl)C(=O)CCCOc1ccc(Cl)cc1. The van der Waals surface area contributed by atoms with Gasteiger partial charge >= 0.3 is 0 Å². The minimum absolute atomic E-state index is 0.145. The summed E-state index contributed by atoms with van der Waals surface area (Å²) in [6, 6.07) is 11.5. The Morgan fingerprint density at radius 3 is 2.38 bits per heavy atom. The first-order valence-electron chi connectivity index (χ1n) is 10.7. The van der Waals surface area contributed by atoms with E-state index >= 15 is 0 Å². The van der Waals surface area contributed by atoms with Crippen molar-refractivity contribution < 1.29 is 14.3 Å². The fourth-order valence-electron chi connectivity index (χ4n) is 3.04. The standard InChI is InChI=1S/C24H29Cl3N2O3/c1-3-4-13-28-24(31)17(2)29(16-18-7-8-20(26)15-22(18)27)23(30)6-5-14-32-21-11-9-19(25)10-12-21/h7-12,15,17H,3-6,13-14,16H2,1-2H3,(H,28,31)/t17-/m0/s1. The van der Waals surface area contributed by atoms with E-state index in [-0.39, 0.29) is 24.8 Å². The molecule has 0 aliphatic carbocycles. The first-order chi connectivity index (χ1) is 15.3. The van der Waals surface area contributed by atoms with E-state index in [2.05, 4.69) is 12.2 Å². The van der Waals surface area contributed by atoms with Gasteiger partial charge in [0.2, 0.25) is 11.8 Å². The van der Waals surface area contributed by atoms with Crippen molar-refractivity contribution in [2.24, 2.45) is 0 Å². The third kappa shape index (κ3) is 8.53. The van der Waals surface area contributed by atoms with Crippen molar-refractivity contribution in [1.29, 1.82) is 0 Å². The number of rotatable bonds is 12. The van der Waals surface area contributed by atoms with Crippen LogP contribution in [-0.2, 0) is 16.1 Å². The summed E-state index contributed by atoms with van der Waals surface area (Å²) < 4.78 is 5.67. The van der Waals surface area contributed by atoms with Crippen molar-refractivity contribution in [2.45, 2.75) is 52.1 Å². The molecular weight excluding hydrogens is 471 g/mol. The van der Waals surface area contributed by atoms with Crippen LogP contribution in [0, 0.1) is 0 Å². The van der Waals surface area contributed by atoms with Crippen LogP contribution in [0.3, 0.4) is 0 Å². The number of hydrogen-bond acceptors (Lipinski definition) is 3. The molecule has 1 atom stereocenters. The van der Waals surface area contributed by atoms with Crippen molar-refractivity contribution in [3.63, 3.8) is 0 Å². The molecule has 2 amide bonds. The molecule has 8 heteroatoms. The van der Waals surface area contributed by atoms with Gasteiger partial charge in [0.1, 0.15) is 11.8 Å². The van der Waals surface area contributed by atoms with E-state index in [9.17, 15) is 9.59 Å². The highest BCUT2D eigenvalue weighted by Gasteiger charge is 2.26. The Hall–Kier alpha value is -1.95. The maximum Gasteiger partial charge on any atom is 0.242 e. The Balaban J connectivity index is 2.01. The molecule has 0 saturated heterocycles. The molecule has 5 nitrogen and oxygen atoms in total. The fourth-order valence-corrected chi connectivity index (χ4v) is 3.63. The summed E-state index contributed by atoms with van der Waals surface area (Å²) in [6.45, 7) is 4.96. The van der Waals surface area contributed by atoms with Crippen LogP contribution in [-0.4, -0.2) is 35.9 Å². The number of benzene rings is 2. The van der Waals surface area contributed by atoms with Crippen LogP contribution < -0.4 is 10.1 Å². The van der Waals surface area contributed by atoms with Gasteiger partial charge in [-0.2, -0.15) is 0 Å². The molecule has 0 unspecified atom stereocenters. The Labute approximate surface area is 205 Å². The summed E-state index contributed by atoms with van der Waals surface area (Å²) in [6.07, 6.45) is 2.62. The number of hydrogen-bond donors (Lipinski definition) is 1. The van der Waals surface area contributed by atoms with Crippen molar-refractivity contribution >= 4 is 46.6 Å². The van der Waals surface area contributed by atoms with E-state index in [1.807, 2.05) is 0 Å². The summed E-state index contributed by atoms with van der Waals surface area (Å²) in [4.78, 5) is 27.3. The largest absolute Gasteiger partial charge is 0.494 e. The smallest absolute Gasteiger partial charge is 0.242 e. The van der Waals surface area contributed by atoms with E-state index in [1.54, 1.807) is 54.3 Å². The van der Waals surface area contributed by atoms with Crippen LogP contribution in [0.1, 0.15) is 45.1 Å². The maximum atomic E-state index is 13.1. The molecule has 0 saturated carbocycles. The van der Waals surface area contributed by atoms with Crippen LogP contribution in [0.15, 0.2) is 42.5 Å². The van der Waals surface area contributed by atoms with E-state index in [4.69, 9.17) is 39.5 Å². The number of ether oxygens (including phenoxy) is 1. The van der Waals surface area contributed by atoms with E-state index in [0.717, 1.165) is 18.4 Å². The summed E-state index contributed by atoms with van der Waals surface area (Å²) in [5, 5.41) is 4.51. The van der Waals surface area contributed by atoms with E-state index in [1.165, 1.54) is 0 Å². The molecule has 2 rings (SSSR count). The Morgan fingerprint density at radius 2 is 1.72 bits per heavy atom. The summed E-state index contributed by atoms with van der Waals surface area (Å²) >= 11 is 18.2. The molecule has 0 heterocycles. The van der Waals surface area contributed by atoms with Crippen LogP contribution in [0.2, 0.25) is 15.1 Å². The topological polar surface area (TPSA) is 58.6 Å². The highest BCUT2D eigenvalue weighted by Crippen LogP contribution is 2.24. The molecule has 2 aromatic rings. The minimum Gasteiger partial charge on any atom is -0.494 e. The monoisotopic (exact) mass is 498 g/mol. The van der Waals surface area contributed by atoms with Crippen molar-refractivity contribution in [2.75, 3.05) is 13.2 Å². The normalized spacial score (nSPS) is 11.7. The highest BCUT2D eigenvalue weighted by molar-refractivity contribution is 6.35. The molecule has 0 fully saturated rings. The number of nitrogens with one attached hydrogen (secondary N) is 1. The number of carbonyl (C=O) groups excluding carboxylic acids is 2. The van der Waals surface area contributed by atoms with Crippen molar-refractivity contribution in [1.82, 2.24) is 10.2 Å². The van der Waals surface area contributed by atoms with Crippen molar-refractivity contribution in [3.05, 3.63) is 63.1 Å². The van der Waals surface area contributed by atoms with Gasteiger partial charge in [-0.15, -0.1) is 0 Å². The molecule has 174 valence electrons. The lowest BCUT2D eigenvalue weighted by Crippen LogP contribution is -2.47. The first kappa shape index (κ1) is 26.3. The fraction of sp³-hybridized carbons (Fsp3) is 0.417. The van der Waals surface area contributed by atoms with Crippen LogP contribution in [0.4, 0.5) is 0 Å². The van der Waals surface area contributed by atoms with E-state index < -0.39 is 6.04 Å². The average molecular weight is 500 g/mol. The Bertz CT molecular complexity index is 891. The van der Waals surface area contributed by atoms with Gasteiger partial charge in [0, 0.05) is 34.6 Å². The summed E-state index contributed by atoms with van der Waals surface area (Å²) in [5.74, 6) is 0.360. The zero-order valence-electron chi connectivity index (χ0n) is 18.4. The third-order valence-corrected chi connectivity index (χ3v) is 5.81. The molecule has 0 aliphatic heterocycles. The lowest BCUT2D eigenvalue weighted by molar-refractivity contribution is -0.140. The third-order valence-electron chi connectivity index (χ3n) is 4.97. The van der Waals surface area contributed by atoms with Crippen LogP contribution in [0.25, 0.3) is 0 Å². The molecule has 0 aromatic heterocycles. The number of halogens is 3. The second kappa shape index (κ2) is 13.6. The van der Waals surface area contributed by atoms with Gasteiger partial charge < -0.3 is 15.0 Å². The predicted octanol–water partition coefficient (Wildman–Crippen LogP) is 6.14. The number of nitrogens with zero attached hydrogens (tertiary/aromatic N) is 1. The quantitative estimate of drug-likeness (QED) is 0.357. The lowest BCUT2D eigenvalue weighted by atomic mass is 10.1. The molecule has 0 bridgehead atoms. The van der Waals surface area contributed by atoms with Crippen LogP contribution >= 0.6 is 34.8 Å². The van der Waals surface area contributed by atoms with Gasteiger partial charge in [0.25, 0.3) is 0 Å². The van der Waals surface area contributed by atoms with Gasteiger partial charge in [0.15, 0.2) is 0 Å². The zero-order valence-corrected chi connectivity index (χ0v) is 20.6. The second-order valence-electron chi connectivity index (χ2n) is 7.48. The number of carbonyl (C=O) groups is 2. The Kier molecular flexibility index (Phi) is 11.1. The minimum atomic E-state index is -0.636.